The molecule has 0 aromatic rings. The van der Waals surface area contributed by atoms with E-state index in [0.717, 1.165) is 38.5 Å². The average molecular weight is 392 g/mol. The van der Waals surface area contributed by atoms with E-state index in [1.165, 1.54) is 0 Å². The van der Waals surface area contributed by atoms with Crippen LogP contribution in [-0.4, -0.2) is 46.2 Å². The third-order valence-corrected chi connectivity index (χ3v) is 5.92. The van der Waals surface area contributed by atoms with E-state index in [1.54, 1.807) is 18.7 Å². The first-order chi connectivity index (χ1) is 12.8. The van der Waals surface area contributed by atoms with Gasteiger partial charge in [-0.3, -0.25) is 9.69 Å². The van der Waals surface area contributed by atoms with Gasteiger partial charge in [0.25, 0.3) is 0 Å². The molecule has 1 aliphatic carbocycles. The molecule has 0 N–H and O–H groups in total. The number of rotatable bonds is 3. The Labute approximate surface area is 170 Å². The summed E-state index contributed by atoms with van der Waals surface area (Å²) in [6.07, 6.45) is 4.73. The van der Waals surface area contributed by atoms with E-state index in [-0.39, 0.29) is 29.6 Å². The minimum atomic E-state index is -1.12. The molecule has 2 aliphatic rings. The predicted molar refractivity (Wildman–Crippen MR) is 108 cm³/mol. The molecule has 1 heterocycles. The number of hydrogen-bond donors (Lipinski definition) is 0. The van der Waals surface area contributed by atoms with Crippen LogP contribution in [0.3, 0.4) is 0 Å². The smallest absolute Gasteiger partial charge is 0.411 e. The highest BCUT2D eigenvalue weighted by Crippen LogP contribution is 2.40. The minimum absolute atomic E-state index is 0.0567. The van der Waals surface area contributed by atoms with Gasteiger partial charge in [-0.2, -0.15) is 5.26 Å². The lowest BCUT2D eigenvalue weighted by molar-refractivity contribution is -0.148. The molecule has 2 amide bonds. The topological polar surface area (TPSA) is 73.6 Å². The maximum absolute atomic E-state index is 13.4. The molecule has 0 aromatic heterocycles. The fourth-order valence-corrected chi connectivity index (χ4v) is 4.15. The number of carbonyl (C=O) groups excluding carboxylic acids is 2. The zero-order valence-electron chi connectivity index (χ0n) is 18.7. The molecule has 0 aromatic carbocycles. The fourth-order valence-electron chi connectivity index (χ4n) is 4.15. The zero-order chi connectivity index (χ0) is 21.3. The summed E-state index contributed by atoms with van der Waals surface area (Å²) in [5.41, 5.74) is -1.43. The number of nitrogens with zero attached hydrogens (tertiary/aromatic N) is 3. The lowest BCUT2D eigenvalue weighted by Gasteiger charge is -2.46. The molecule has 2 rings (SSSR count). The van der Waals surface area contributed by atoms with Crippen molar-refractivity contribution in [3.05, 3.63) is 0 Å². The van der Waals surface area contributed by atoms with Crippen molar-refractivity contribution < 1.29 is 14.3 Å². The number of carbonyl (C=O) groups is 2. The Morgan fingerprint density at radius 1 is 1.11 bits per heavy atom. The Morgan fingerprint density at radius 2 is 1.68 bits per heavy atom. The largest absolute Gasteiger partial charge is 0.444 e. The summed E-state index contributed by atoms with van der Waals surface area (Å²) in [4.78, 5) is 29.8. The lowest BCUT2D eigenvalue weighted by Crippen LogP contribution is -2.58. The third kappa shape index (κ3) is 5.18. The first-order valence-electron chi connectivity index (χ1n) is 10.5. The van der Waals surface area contributed by atoms with Crippen LogP contribution in [0.1, 0.15) is 87.0 Å². The van der Waals surface area contributed by atoms with E-state index in [0.29, 0.717) is 6.54 Å². The van der Waals surface area contributed by atoms with Crippen LogP contribution in [0.25, 0.3) is 0 Å². The monoisotopic (exact) mass is 391 g/mol. The number of hydrogen-bond acceptors (Lipinski definition) is 4. The average Bonchev–Trinajstić information content (AvgIpc) is 3.04. The molecule has 1 saturated carbocycles. The number of amides is 2. The summed E-state index contributed by atoms with van der Waals surface area (Å²) >= 11 is 0. The maximum Gasteiger partial charge on any atom is 0.411 e. The quantitative estimate of drug-likeness (QED) is 0.699. The Balaban J connectivity index is 2.31. The van der Waals surface area contributed by atoms with Crippen molar-refractivity contribution in [2.24, 2.45) is 10.8 Å². The van der Waals surface area contributed by atoms with Crippen molar-refractivity contribution in [1.82, 2.24) is 9.80 Å². The molecule has 158 valence electrons. The number of likely N-dealkylation sites (tertiary alicyclic amines) is 1. The van der Waals surface area contributed by atoms with Crippen LogP contribution in [0, 0.1) is 22.2 Å². The second kappa shape index (κ2) is 7.93. The molecule has 1 atom stereocenters. The lowest BCUT2D eigenvalue weighted by atomic mass is 9.74. The molecule has 2 fully saturated rings. The van der Waals surface area contributed by atoms with Gasteiger partial charge in [-0.15, -0.1) is 0 Å². The third-order valence-electron chi connectivity index (χ3n) is 5.92. The van der Waals surface area contributed by atoms with Crippen molar-refractivity contribution in [3.63, 3.8) is 0 Å². The highest BCUT2D eigenvalue weighted by molar-refractivity contribution is 5.85. The Kier molecular flexibility index (Phi) is 6.37. The van der Waals surface area contributed by atoms with Crippen LogP contribution in [0.5, 0.6) is 0 Å². The maximum atomic E-state index is 13.4. The molecule has 6 nitrogen and oxygen atoms in total. The first-order valence-corrected chi connectivity index (χ1v) is 10.5. The van der Waals surface area contributed by atoms with Crippen LogP contribution < -0.4 is 0 Å². The molecular weight excluding hydrogens is 354 g/mol. The highest BCUT2D eigenvalue weighted by atomic mass is 16.6. The highest BCUT2D eigenvalue weighted by Gasteiger charge is 2.46. The van der Waals surface area contributed by atoms with E-state index >= 15 is 0 Å². The van der Waals surface area contributed by atoms with Gasteiger partial charge in [-0.1, -0.05) is 13.8 Å². The molecule has 0 bridgehead atoms. The summed E-state index contributed by atoms with van der Waals surface area (Å²) in [5.74, 6) is -0.180. The van der Waals surface area contributed by atoms with E-state index in [9.17, 15) is 14.9 Å². The van der Waals surface area contributed by atoms with Crippen molar-refractivity contribution in [2.45, 2.75) is 105 Å². The normalized spacial score (nSPS) is 23.2. The zero-order valence-corrected chi connectivity index (χ0v) is 18.7. The second-order valence-corrected chi connectivity index (χ2v) is 10.6. The fraction of sp³-hybridized carbons (Fsp3) is 0.864. The Bertz CT molecular complexity index is 632. The molecule has 6 heteroatoms. The van der Waals surface area contributed by atoms with Crippen molar-refractivity contribution in [3.8, 4) is 6.07 Å². The van der Waals surface area contributed by atoms with Gasteiger partial charge in [0, 0.05) is 12.6 Å². The van der Waals surface area contributed by atoms with E-state index in [1.807, 2.05) is 25.7 Å². The summed E-state index contributed by atoms with van der Waals surface area (Å²) in [6, 6.07) is 2.21. The summed E-state index contributed by atoms with van der Waals surface area (Å²) < 4.78 is 5.60. The summed E-state index contributed by atoms with van der Waals surface area (Å²) in [7, 11) is 0. The van der Waals surface area contributed by atoms with Crippen LogP contribution in [-0.2, 0) is 9.53 Å². The van der Waals surface area contributed by atoms with Gasteiger partial charge in [0.1, 0.15) is 17.2 Å². The SMILES string of the molecule is CC1(C)CCC(N(C(=O)C(C)(C)C#N)C2CCCN2C(=O)OC(C)(C)C)CC1. The van der Waals surface area contributed by atoms with Crippen LogP contribution >= 0.6 is 0 Å². The number of ether oxygens (including phenoxy) is 1. The van der Waals surface area contributed by atoms with E-state index < -0.39 is 11.0 Å². The van der Waals surface area contributed by atoms with E-state index in [2.05, 4.69) is 19.9 Å². The summed E-state index contributed by atoms with van der Waals surface area (Å²) in [6.45, 7) is 14.0. The van der Waals surface area contributed by atoms with Crippen molar-refractivity contribution in [1.29, 1.82) is 5.26 Å². The predicted octanol–water partition coefficient (Wildman–Crippen LogP) is 4.69. The van der Waals surface area contributed by atoms with Gasteiger partial charge >= 0.3 is 6.09 Å². The standard InChI is InChI=1S/C22H37N3O3/c1-20(2,3)28-19(27)24-14-8-9-17(24)25(18(26)22(6,7)15-23)16-10-12-21(4,5)13-11-16/h16-17H,8-14H2,1-7H3. The van der Waals surface area contributed by atoms with Gasteiger partial charge in [0.05, 0.1) is 6.07 Å². The van der Waals surface area contributed by atoms with Crippen LogP contribution in [0.2, 0.25) is 0 Å². The van der Waals surface area contributed by atoms with Crippen LogP contribution in [0.15, 0.2) is 0 Å². The van der Waals surface area contributed by atoms with Crippen molar-refractivity contribution in [2.75, 3.05) is 6.54 Å². The van der Waals surface area contributed by atoms with Gasteiger partial charge in [-0.25, -0.2) is 4.79 Å². The minimum Gasteiger partial charge on any atom is -0.444 e. The Morgan fingerprint density at radius 3 is 2.18 bits per heavy atom. The van der Waals surface area contributed by atoms with Crippen molar-refractivity contribution >= 4 is 12.0 Å². The molecule has 1 unspecified atom stereocenters. The molecule has 28 heavy (non-hydrogen) atoms. The molecule has 0 spiro atoms. The van der Waals surface area contributed by atoms with Gasteiger partial charge < -0.3 is 9.64 Å². The second-order valence-electron chi connectivity index (χ2n) is 10.6. The summed E-state index contributed by atoms with van der Waals surface area (Å²) in [5, 5.41) is 9.56. The van der Waals surface area contributed by atoms with Gasteiger partial charge in [0.15, 0.2) is 0 Å². The molecule has 1 aliphatic heterocycles. The van der Waals surface area contributed by atoms with E-state index in [4.69, 9.17) is 4.74 Å². The van der Waals surface area contributed by atoms with Gasteiger partial charge in [0.2, 0.25) is 5.91 Å². The molecule has 1 saturated heterocycles. The first kappa shape index (κ1) is 22.5. The number of nitriles is 1. The molecule has 0 radical (unpaired) electrons. The van der Waals surface area contributed by atoms with Crippen LogP contribution in [0.4, 0.5) is 4.79 Å². The Hall–Kier alpha value is -1.77. The van der Waals surface area contributed by atoms with Gasteiger partial charge in [-0.05, 0) is 78.6 Å². The molecular formula is C22H37N3O3.